The van der Waals surface area contributed by atoms with Gasteiger partial charge in [-0.1, -0.05) is 70.2 Å². The Labute approximate surface area is 215 Å². The van der Waals surface area contributed by atoms with Crippen LogP contribution in [0.2, 0.25) is 11.1 Å². The molecule has 0 amide bonds. The number of nitrogens with zero attached hydrogens (tertiary/aromatic N) is 1. The zero-order valence-electron chi connectivity index (χ0n) is 21.5. The van der Waals surface area contributed by atoms with Crippen LogP contribution in [0.25, 0.3) is 17.2 Å². The van der Waals surface area contributed by atoms with Crippen molar-refractivity contribution in [3.63, 3.8) is 0 Å². The van der Waals surface area contributed by atoms with Crippen molar-refractivity contribution in [1.82, 2.24) is 0 Å². The third kappa shape index (κ3) is 6.44. The van der Waals surface area contributed by atoms with Gasteiger partial charge in [-0.2, -0.15) is 5.26 Å². The molecule has 0 saturated heterocycles. The molecule has 3 aromatic carbocycles. The average Bonchev–Trinajstić information content (AvgIpc) is 2.88. The van der Waals surface area contributed by atoms with E-state index in [4.69, 9.17) is 13.6 Å². The largest absolute Gasteiger partial charge is 0.512 e. The Kier molecular flexibility index (Phi) is 9.10. The number of benzene rings is 3. The summed E-state index contributed by atoms with van der Waals surface area (Å²) in [4.78, 5) is 11.6. The highest BCUT2D eigenvalue weighted by Crippen LogP contribution is 2.37. The minimum absolute atomic E-state index is 0.180. The predicted molar refractivity (Wildman–Crippen MR) is 146 cm³/mol. The minimum Gasteiger partial charge on any atom is -0.512 e. The highest BCUT2D eigenvalue weighted by atomic mass is 28.4. The van der Waals surface area contributed by atoms with Gasteiger partial charge in [-0.3, -0.25) is 0 Å². The van der Waals surface area contributed by atoms with E-state index in [1.165, 1.54) is 6.08 Å². The summed E-state index contributed by atoms with van der Waals surface area (Å²) in [6, 6.07) is 25.3. The Bertz CT molecular complexity index is 1220. The molecular weight excluding hydrogens is 466 g/mol. The van der Waals surface area contributed by atoms with Gasteiger partial charge in [0, 0.05) is 17.2 Å². The molecule has 5 nitrogen and oxygen atoms in total. The second-order valence-electron chi connectivity index (χ2n) is 9.07. The van der Waals surface area contributed by atoms with Crippen LogP contribution in [-0.2, 0) is 9.53 Å². The Morgan fingerprint density at radius 2 is 1.44 bits per heavy atom. The second-order valence-corrected chi connectivity index (χ2v) is 13.2. The molecule has 0 aliphatic carbocycles. The van der Waals surface area contributed by atoms with Gasteiger partial charge in [-0.25, -0.2) is 4.79 Å². The van der Waals surface area contributed by atoms with Gasteiger partial charge < -0.3 is 13.6 Å². The van der Waals surface area contributed by atoms with Gasteiger partial charge in [0.1, 0.15) is 11.5 Å². The zero-order valence-corrected chi connectivity index (χ0v) is 22.5. The monoisotopic (exact) mass is 499 g/mol. The lowest BCUT2D eigenvalue weighted by Crippen LogP contribution is -2.54. The van der Waals surface area contributed by atoms with Crippen molar-refractivity contribution in [2.75, 3.05) is 6.61 Å². The van der Waals surface area contributed by atoms with E-state index in [1.54, 1.807) is 13.0 Å². The topological polar surface area (TPSA) is 68.6 Å². The van der Waals surface area contributed by atoms with Gasteiger partial charge in [0.25, 0.3) is 0 Å². The van der Waals surface area contributed by atoms with Gasteiger partial charge in [-0.05, 0) is 60.0 Å². The number of hydrogen-bond donors (Lipinski definition) is 0. The van der Waals surface area contributed by atoms with Crippen LogP contribution in [0.15, 0.2) is 78.9 Å². The van der Waals surface area contributed by atoms with Crippen molar-refractivity contribution in [3.05, 3.63) is 90.0 Å². The summed E-state index contributed by atoms with van der Waals surface area (Å²) in [7, 11) is -2.76. The fourth-order valence-electron chi connectivity index (χ4n) is 4.06. The van der Waals surface area contributed by atoms with Crippen molar-refractivity contribution in [2.24, 2.45) is 0 Å². The number of carbonyl (C=O) groups excluding carboxylic acids is 1. The maximum atomic E-state index is 11.6. The maximum absolute atomic E-state index is 11.6. The van der Waals surface area contributed by atoms with Gasteiger partial charge >= 0.3 is 14.5 Å². The fourth-order valence-corrected chi connectivity index (χ4v) is 7.39. The first-order chi connectivity index (χ1) is 17.3. The first-order valence-electron chi connectivity index (χ1n) is 12.2. The Balaban J connectivity index is 1.82. The van der Waals surface area contributed by atoms with Crippen LogP contribution < -0.4 is 8.85 Å². The molecule has 0 fully saturated rings. The molecule has 0 spiro atoms. The minimum atomic E-state index is -2.76. The third-order valence-corrected chi connectivity index (χ3v) is 10.3. The van der Waals surface area contributed by atoms with Gasteiger partial charge in [0.05, 0.1) is 18.2 Å². The van der Waals surface area contributed by atoms with Crippen molar-refractivity contribution in [2.45, 2.75) is 45.7 Å². The van der Waals surface area contributed by atoms with Crippen LogP contribution in [0, 0.1) is 11.3 Å². The van der Waals surface area contributed by atoms with E-state index in [0.29, 0.717) is 12.2 Å². The van der Waals surface area contributed by atoms with E-state index in [1.807, 2.05) is 72.8 Å². The SMILES string of the molecule is CCOC(=O)/C=C/c1ccc(O[Si](Oc2ccc(-c3ccccc3C#N)cc2)(C(C)C)C(C)C)cc1. The molecule has 6 heteroatoms. The van der Waals surface area contributed by atoms with Crippen molar-refractivity contribution in [1.29, 1.82) is 5.26 Å². The second kappa shape index (κ2) is 12.2. The summed E-state index contributed by atoms with van der Waals surface area (Å²) in [6.07, 6.45) is 3.14. The van der Waals surface area contributed by atoms with Crippen LogP contribution in [0.4, 0.5) is 0 Å². The number of esters is 1. The van der Waals surface area contributed by atoms with E-state index >= 15 is 0 Å². The van der Waals surface area contributed by atoms with Crippen molar-refractivity contribution in [3.8, 4) is 28.7 Å². The third-order valence-electron chi connectivity index (χ3n) is 5.96. The zero-order chi connectivity index (χ0) is 26.1. The molecule has 0 N–H and O–H groups in total. The summed E-state index contributed by atoms with van der Waals surface area (Å²) in [5.41, 5.74) is 3.75. The Hall–Kier alpha value is -3.82. The number of nitriles is 1. The normalized spacial score (nSPS) is 11.5. The Morgan fingerprint density at radius 3 is 1.97 bits per heavy atom. The molecule has 0 aromatic heterocycles. The van der Waals surface area contributed by atoms with E-state index in [-0.39, 0.29) is 17.1 Å². The highest BCUT2D eigenvalue weighted by molar-refractivity contribution is 6.71. The lowest BCUT2D eigenvalue weighted by molar-refractivity contribution is -0.137. The maximum Gasteiger partial charge on any atom is 0.465 e. The van der Waals surface area contributed by atoms with Crippen molar-refractivity contribution >= 4 is 20.6 Å². The average molecular weight is 500 g/mol. The molecule has 0 radical (unpaired) electrons. The van der Waals surface area contributed by atoms with Gasteiger partial charge in [-0.15, -0.1) is 0 Å². The number of hydrogen-bond acceptors (Lipinski definition) is 5. The molecule has 0 saturated carbocycles. The standard InChI is InChI=1S/C30H33NO4Si/c1-6-33-30(32)20-13-24-11-16-27(17-12-24)34-36(22(2)3,23(4)5)35-28-18-14-25(15-19-28)29-10-8-7-9-26(29)21-31/h7-20,22-23H,6H2,1-5H3/b20-13+. The molecule has 0 unspecified atom stereocenters. The molecule has 0 aliphatic heterocycles. The number of rotatable bonds is 10. The van der Waals surface area contributed by atoms with Crippen molar-refractivity contribution < 1.29 is 18.4 Å². The van der Waals surface area contributed by atoms with E-state index in [9.17, 15) is 10.1 Å². The molecule has 3 aromatic rings. The first-order valence-corrected chi connectivity index (χ1v) is 14.2. The quantitative estimate of drug-likeness (QED) is 0.164. The van der Waals surface area contributed by atoms with E-state index in [0.717, 1.165) is 28.2 Å². The molecule has 0 bridgehead atoms. The van der Waals surface area contributed by atoms with Gasteiger partial charge in [0.15, 0.2) is 0 Å². The first kappa shape index (κ1) is 26.8. The molecule has 0 heterocycles. The van der Waals surface area contributed by atoms with Crippen LogP contribution in [0.3, 0.4) is 0 Å². The lowest BCUT2D eigenvalue weighted by Gasteiger charge is -2.37. The van der Waals surface area contributed by atoms with E-state index in [2.05, 4.69) is 33.8 Å². The fraction of sp³-hybridized carbons (Fsp3) is 0.267. The lowest BCUT2D eigenvalue weighted by atomic mass is 10.0. The predicted octanol–water partition coefficient (Wildman–Crippen LogP) is 7.52. The van der Waals surface area contributed by atoms with Crippen LogP contribution in [0.5, 0.6) is 11.5 Å². The van der Waals surface area contributed by atoms with Crippen LogP contribution in [0.1, 0.15) is 45.7 Å². The smallest absolute Gasteiger partial charge is 0.465 e. The van der Waals surface area contributed by atoms with E-state index < -0.39 is 8.56 Å². The van der Waals surface area contributed by atoms with Crippen LogP contribution in [-0.4, -0.2) is 21.1 Å². The molecule has 36 heavy (non-hydrogen) atoms. The summed E-state index contributed by atoms with van der Waals surface area (Å²) in [6.45, 7) is 10.7. The highest BCUT2D eigenvalue weighted by Gasteiger charge is 2.49. The molecule has 0 atom stereocenters. The summed E-state index contributed by atoms with van der Waals surface area (Å²) < 4.78 is 18.3. The number of carbonyl (C=O) groups is 1. The van der Waals surface area contributed by atoms with Gasteiger partial charge in [0.2, 0.25) is 0 Å². The molecule has 186 valence electrons. The summed E-state index contributed by atoms with van der Waals surface area (Å²) in [5, 5.41) is 9.43. The summed E-state index contributed by atoms with van der Waals surface area (Å²) >= 11 is 0. The van der Waals surface area contributed by atoms with Crippen LogP contribution >= 0.6 is 0 Å². The summed E-state index contributed by atoms with van der Waals surface area (Å²) in [5.74, 6) is 1.12. The molecule has 3 rings (SSSR count). The molecule has 0 aliphatic rings. The Morgan fingerprint density at radius 1 is 0.889 bits per heavy atom. The molecular formula is C30H33NO4Si. The number of ether oxygens (including phenoxy) is 1.